The molecule has 0 aliphatic rings. The van der Waals surface area contributed by atoms with Crippen LogP contribution in [0.5, 0.6) is 11.6 Å². The van der Waals surface area contributed by atoms with Gasteiger partial charge in [-0.15, -0.1) is 0 Å². The summed E-state index contributed by atoms with van der Waals surface area (Å²) in [7, 11) is 0. The summed E-state index contributed by atoms with van der Waals surface area (Å²) in [6.07, 6.45) is 1.54. The van der Waals surface area contributed by atoms with Crippen LogP contribution in [0, 0.1) is 0 Å². The Bertz CT molecular complexity index is 570. The van der Waals surface area contributed by atoms with E-state index in [2.05, 4.69) is 4.98 Å². The van der Waals surface area contributed by atoms with Gasteiger partial charge in [-0.05, 0) is 24.3 Å². The number of nitrogens with zero attached hydrogens (tertiary/aromatic N) is 1. The Morgan fingerprint density at radius 3 is 2.78 bits per heavy atom. The first-order valence-electron chi connectivity index (χ1n) is 5.34. The maximum atomic E-state index is 11.2. The van der Waals surface area contributed by atoms with Crippen molar-refractivity contribution < 1.29 is 14.6 Å². The topological polar surface area (TPSA) is 85.4 Å². The van der Waals surface area contributed by atoms with Crippen LogP contribution >= 0.6 is 0 Å². The van der Waals surface area contributed by atoms with Gasteiger partial charge in [-0.1, -0.05) is 12.1 Å². The highest BCUT2D eigenvalue weighted by Crippen LogP contribution is 2.25. The van der Waals surface area contributed by atoms with E-state index < -0.39 is 5.91 Å². The molecule has 0 radical (unpaired) electrons. The molecular weight excluding hydrogens is 232 g/mol. The summed E-state index contributed by atoms with van der Waals surface area (Å²) in [5, 5.41) is 9.16. The van der Waals surface area contributed by atoms with Crippen LogP contribution in [-0.4, -0.2) is 16.0 Å². The molecule has 1 aromatic carbocycles. The van der Waals surface area contributed by atoms with E-state index in [0.717, 1.165) is 0 Å². The van der Waals surface area contributed by atoms with E-state index in [9.17, 15) is 4.79 Å². The number of aliphatic hydroxyl groups is 1. The van der Waals surface area contributed by atoms with Crippen molar-refractivity contribution in [3.8, 4) is 11.6 Å². The van der Waals surface area contributed by atoms with Gasteiger partial charge in [0.25, 0.3) is 5.91 Å². The molecule has 0 atom stereocenters. The number of hydrogen-bond acceptors (Lipinski definition) is 4. The number of carbonyl (C=O) groups is 1. The van der Waals surface area contributed by atoms with Crippen molar-refractivity contribution in [2.45, 2.75) is 6.61 Å². The lowest BCUT2D eigenvalue weighted by atomic mass is 10.2. The van der Waals surface area contributed by atoms with Gasteiger partial charge in [-0.25, -0.2) is 4.98 Å². The minimum Gasteiger partial charge on any atom is -0.438 e. The van der Waals surface area contributed by atoms with Gasteiger partial charge < -0.3 is 15.6 Å². The smallest absolute Gasteiger partial charge is 0.252 e. The second-order valence-corrected chi connectivity index (χ2v) is 3.59. The van der Waals surface area contributed by atoms with Gasteiger partial charge >= 0.3 is 0 Å². The first-order valence-corrected chi connectivity index (χ1v) is 5.34. The van der Waals surface area contributed by atoms with Crippen molar-refractivity contribution in [1.29, 1.82) is 0 Å². The number of primary amides is 1. The molecule has 1 aromatic heterocycles. The first kappa shape index (κ1) is 12.1. The predicted octanol–water partition coefficient (Wildman–Crippen LogP) is 1.47. The molecule has 2 rings (SSSR count). The SMILES string of the molecule is NC(=O)c1ccccc1Oc1ncccc1CO. The number of rotatable bonds is 4. The average molecular weight is 244 g/mol. The van der Waals surface area contributed by atoms with Crippen LogP contribution in [0.1, 0.15) is 15.9 Å². The number of hydrogen-bond donors (Lipinski definition) is 2. The standard InChI is InChI=1S/C13H12N2O3/c14-12(17)10-5-1-2-6-11(10)18-13-9(8-16)4-3-7-15-13/h1-7,16H,8H2,(H2,14,17). The van der Waals surface area contributed by atoms with Crippen LogP contribution in [0.3, 0.4) is 0 Å². The van der Waals surface area contributed by atoms with Crippen molar-refractivity contribution in [1.82, 2.24) is 4.98 Å². The molecule has 0 aliphatic heterocycles. The number of nitrogens with two attached hydrogens (primary N) is 1. The third-order valence-corrected chi connectivity index (χ3v) is 2.38. The molecule has 0 bridgehead atoms. The normalized spacial score (nSPS) is 10.1. The van der Waals surface area contributed by atoms with Crippen LogP contribution in [0.15, 0.2) is 42.6 Å². The van der Waals surface area contributed by atoms with E-state index in [4.69, 9.17) is 15.6 Å². The van der Waals surface area contributed by atoms with Crippen molar-refractivity contribution >= 4 is 5.91 Å². The fraction of sp³-hybridized carbons (Fsp3) is 0.0769. The first-order chi connectivity index (χ1) is 8.72. The number of benzene rings is 1. The average Bonchev–Trinajstić information content (AvgIpc) is 2.40. The highest BCUT2D eigenvalue weighted by Gasteiger charge is 2.11. The quantitative estimate of drug-likeness (QED) is 0.852. The number of aliphatic hydroxyl groups excluding tert-OH is 1. The Labute approximate surface area is 104 Å². The van der Waals surface area contributed by atoms with Crippen LogP contribution in [0.25, 0.3) is 0 Å². The third-order valence-electron chi connectivity index (χ3n) is 2.38. The van der Waals surface area contributed by atoms with Gasteiger partial charge in [0.05, 0.1) is 12.2 Å². The van der Waals surface area contributed by atoms with Crippen LogP contribution in [-0.2, 0) is 6.61 Å². The Morgan fingerprint density at radius 1 is 1.28 bits per heavy atom. The zero-order valence-electron chi connectivity index (χ0n) is 9.54. The number of pyridine rings is 1. The van der Waals surface area contributed by atoms with E-state index in [1.165, 1.54) is 0 Å². The highest BCUT2D eigenvalue weighted by molar-refractivity contribution is 5.95. The second-order valence-electron chi connectivity index (χ2n) is 3.59. The molecule has 0 aliphatic carbocycles. The molecule has 0 fully saturated rings. The number of ether oxygens (including phenoxy) is 1. The monoisotopic (exact) mass is 244 g/mol. The summed E-state index contributed by atoms with van der Waals surface area (Å²) in [6, 6.07) is 9.99. The maximum Gasteiger partial charge on any atom is 0.252 e. The van der Waals surface area contributed by atoms with Crippen molar-refractivity contribution in [3.05, 3.63) is 53.7 Å². The van der Waals surface area contributed by atoms with Gasteiger partial charge in [-0.3, -0.25) is 4.79 Å². The van der Waals surface area contributed by atoms with Crippen LogP contribution in [0.2, 0.25) is 0 Å². The summed E-state index contributed by atoms with van der Waals surface area (Å²) in [5.74, 6) is -0.000760. The number of amides is 1. The van der Waals surface area contributed by atoms with Crippen LogP contribution in [0.4, 0.5) is 0 Å². The number of carbonyl (C=O) groups excluding carboxylic acids is 1. The zero-order valence-corrected chi connectivity index (χ0v) is 9.54. The molecular formula is C13H12N2O3. The molecule has 2 aromatic rings. The molecule has 0 saturated carbocycles. The molecule has 3 N–H and O–H groups in total. The van der Waals surface area contributed by atoms with Gasteiger partial charge in [0.1, 0.15) is 5.75 Å². The Morgan fingerprint density at radius 2 is 2.06 bits per heavy atom. The number of para-hydroxylation sites is 1. The zero-order chi connectivity index (χ0) is 13.0. The summed E-state index contributed by atoms with van der Waals surface area (Å²) in [5.41, 5.74) is 6.06. The van der Waals surface area contributed by atoms with Crippen LogP contribution < -0.4 is 10.5 Å². The molecule has 0 saturated heterocycles. The highest BCUT2D eigenvalue weighted by atomic mass is 16.5. The lowest BCUT2D eigenvalue weighted by Gasteiger charge is -2.10. The number of aromatic nitrogens is 1. The van der Waals surface area contributed by atoms with E-state index in [1.807, 2.05) is 0 Å². The minimum atomic E-state index is -0.577. The molecule has 1 heterocycles. The predicted molar refractivity (Wildman–Crippen MR) is 65.2 cm³/mol. The van der Waals surface area contributed by atoms with Gasteiger partial charge in [0, 0.05) is 11.8 Å². The van der Waals surface area contributed by atoms with Crippen molar-refractivity contribution in [2.75, 3.05) is 0 Å². The fourth-order valence-electron chi connectivity index (χ4n) is 1.50. The van der Waals surface area contributed by atoms with Crippen molar-refractivity contribution in [2.24, 2.45) is 5.73 Å². The summed E-state index contributed by atoms with van der Waals surface area (Å²) in [6.45, 7) is -0.193. The lowest BCUT2D eigenvalue weighted by Crippen LogP contribution is -2.12. The summed E-state index contributed by atoms with van der Waals surface area (Å²) < 4.78 is 5.52. The minimum absolute atomic E-state index is 0.193. The molecule has 5 nitrogen and oxygen atoms in total. The Hall–Kier alpha value is -2.40. The fourth-order valence-corrected chi connectivity index (χ4v) is 1.50. The Balaban J connectivity index is 2.37. The summed E-state index contributed by atoms with van der Waals surface area (Å²) in [4.78, 5) is 15.2. The van der Waals surface area contributed by atoms with Gasteiger partial charge in [0.15, 0.2) is 0 Å². The molecule has 92 valence electrons. The molecule has 5 heteroatoms. The largest absolute Gasteiger partial charge is 0.438 e. The molecule has 0 spiro atoms. The maximum absolute atomic E-state index is 11.2. The Kier molecular flexibility index (Phi) is 3.54. The van der Waals surface area contributed by atoms with E-state index in [0.29, 0.717) is 11.3 Å². The molecule has 0 unspecified atom stereocenters. The molecule has 1 amide bonds. The van der Waals surface area contributed by atoms with Crippen molar-refractivity contribution in [3.63, 3.8) is 0 Å². The van der Waals surface area contributed by atoms with Gasteiger partial charge in [-0.2, -0.15) is 0 Å². The van der Waals surface area contributed by atoms with E-state index >= 15 is 0 Å². The molecule has 18 heavy (non-hydrogen) atoms. The van der Waals surface area contributed by atoms with E-state index in [1.54, 1.807) is 42.6 Å². The second kappa shape index (κ2) is 5.29. The lowest BCUT2D eigenvalue weighted by molar-refractivity contribution is 0.0998. The van der Waals surface area contributed by atoms with Gasteiger partial charge in [0.2, 0.25) is 5.88 Å². The summed E-state index contributed by atoms with van der Waals surface area (Å²) >= 11 is 0. The third kappa shape index (κ3) is 2.46. The van der Waals surface area contributed by atoms with E-state index in [-0.39, 0.29) is 18.1 Å².